The van der Waals surface area contributed by atoms with Crippen molar-refractivity contribution in [1.29, 1.82) is 0 Å². The van der Waals surface area contributed by atoms with Crippen molar-refractivity contribution < 1.29 is 19.1 Å². The molecule has 0 aliphatic carbocycles. The first-order valence-electron chi connectivity index (χ1n) is 7.59. The molecule has 23 heavy (non-hydrogen) atoms. The fourth-order valence-corrected chi connectivity index (χ4v) is 2.21. The van der Waals surface area contributed by atoms with Crippen LogP contribution in [0.25, 0.3) is 0 Å². The quantitative estimate of drug-likeness (QED) is 0.797. The molecule has 1 aromatic carbocycles. The Bertz CT molecular complexity index is 540. The van der Waals surface area contributed by atoms with Gasteiger partial charge in [0.25, 0.3) is 0 Å². The van der Waals surface area contributed by atoms with Crippen LogP contribution in [0.1, 0.15) is 45.6 Å². The topological polar surface area (TPSA) is 64.6 Å². The second-order valence-electron chi connectivity index (χ2n) is 6.14. The molecule has 0 heterocycles. The van der Waals surface area contributed by atoms with Gasteiger partial charge >= 0.3 is 12.1 Å². The molecule has 0 bridgehead atoms. The van der Waals surface area contributed by atoms with E-state index in [1.807, 2.05) is 12.1 Å². The van der Waals surface area contributed by atoms with Crippen LogP contribution in [0.15, 0.2) is 24.3 Å². The number of ether oxygens (including phenoxy) is 2. The van der Waals surface area contributed by atoms with Gasteiger partial charge < -0.3 is 14.8 Å². The molecule has 0 aromatic heterocycles. The highest BCUT2D eigenvalue weighted by Crippen LogP contribution is 2.23. The van der Waals surface area contributed by atoms with E-state index < -0.39 is 11.7 Å². The summed E-state index contributed by atoms with van der Waals surface area (Å²) in [6, 6.07) is 7.21. The number of rotatable bonds is 6. The highest BCUT2D eigenvalue weighted by molar-refractivity contribution is 6.30. The van der Waals surface area contributed by atoms with Gasteiger partial charge in [0.15, 0.2) is 0 Å². The van der Waals surface area contributed by atoms with Crippen molar-refractivity contribution in [3.63, 3.8) is 0 Å². The van der Waals surface area contributed by atoms with Crippen molar-refractivity contribution in [2.24, 2.45) is 0 Å². The van der Waals surface area contributed by atoms with Crippen LogP contribution in [0.2, 0.25) is 5.02 Å². The maximum absolute atomic E-state index is 11.8. The Morgan fingerprint density at radius 3 is 2.57 bits per heavy atom. The maximum atomic E-state index is 11.8. The van der Waals surface area contributed by atoms with Gasteiger partial charge in [0.2, 0.25) is 0 Å². The van der Waals surface area contributed by atoms with E-state index >= 15 is 0 Å². The molecule has 1 aromatic rings. The molecule has 1 amide bonds. The number of benzene rings is 1. The summed E-state index contributed by atoms with van der Waals surface area (Å²) in [4.78, 5) is 23.6. The summed E-state index contributed by atoms with van der Waals surface area (Å²) in [6.45, 7) is 7.71. The average molecular weight is 342 g/mol. The van der Waals surface area contributed by atoms with E-state index in [0.29, 0.717) is 11.6 Å². The zero-order valence-electron chi connectivity index (χ0n) is 14.0. The minimum atomic E-state index is -0.573. The van der Waals surface area contributed by atoms with E-state index in [0.717, 1.165) is 5.56 Å². The third-order valence-electron chi connectivity index (χ3n) is 2.93. The Morgan fingerprint density at radius 1 is 1.30 bits per heavy atom. The number of nitrogens with one attached hydrogen (secondary N) is 1. The lowest BCUT2D eigenvalue weighted by atomic mass is 9.95. The van der Waals surface area contributed by atoms with Crippen molar-refractivity contribution in [3.05, 3.63) is 34.9 Å². The van der Waals surface area contributed by atoms with Crippen LogP contribution in [0.5, 0.6) is 0 Å². The zero-order valence-corrected chi connectivity index (χ0v) is 14.8. The lowest BCUT2D eigenvalue weighted by Crippen LogP contribution is -2.35. The number of hydrogen-bond donors (Lipinski definition) is 1. The molecule has 1 atom stereocenters. The summed E-state index contributed by atoms with van der Waals surface area (Å²) in [6.07, 6.45) is -0.363. The van der Waals surface area contributed by atoms with Crippen LogP contribution < -0.4 is 5.32 Å². The van der Waals surface area contributed by atoms with Crippen molar-refractivity contribution in [1.82, 2.24) is 5.32 Å². The molecule has 0 radical (unpaired) electrons. The molecule has 5 nitrogen and oxygen atoms in total. The highest BCUT2D eigenvalue weighted by Gasteiger charge is 2.21. The Balaban J connectivity index is 2.75. The van der Waals surface area contributed by atoms with Crippen LogP contribution in [0.3, 0.4) is 0 Å². The normalized spacial score (nSPS) is 12.4. The van der Waals surface area contributed by atoms with Gasteiger partial charge in [-0.1, -0.05) is 23.7 Å². The maximum Gasteiger partial charge on any atom is 0.407 e. The first-order chi connectivity index (χ1) is 10.7. The molecule has 0 saturated heterocycles. The fraction of sp³-hybridized carbons (Fsp3) is 0.529. The lowest BCUT2D eigenvalue weighted by Gasteiger charge is -2.22. The van der Waals surface area contributed by atoms with E-state index in [-0.39, 0.29) is 24.9 Å². The number of carbonyl (C=O) groups is 2. The lowest BCUT2D eigenvalue weighted by molar-refractivity contribution is -0.143. The van der Waals surface area contributed by atoms with Crippen molar-refractivity contribution >= 4 is 23.7 Å². The summed E-state index contributed by atoms with van der Waals surface area (Å²) >= 11 is 6.01. The molecule has 0 saturated carbocycles. The summed E-state index contributed by atoms with van der Waals surface area (Å²) in [5.74, 6) is -0.552. The first-order valence-corrected chi connectivity index (χ1v) is 7.97. The summed E-state index contributed by atoms with van der Waals surface area (Å²) < 4.78 is 10.2. The predicted molar refractivity (Wildman–Crippen MR) is 89.7 cm³/mol. The molecule has 1 rings (SSSR count). The van der Waals surface area contributed by atoms with E-state index in [1.165, 1.54) is 0 Å². The van der Waals surface area contributed by atoms with E-state index in [4.69, 9.17) is 21.1 Å². The van der Waals surface area contributed by atoms with Crippen LogP contribution in [-0.2, 0) is 14.3 Å². The van der Waals surface area contributed by atoms with Crippen LogP contribution in [0.4, 0.5) is 4.79 Å². The van der Waals surface area contributed by atoms with Crippen molar-refractivity contribution in [3.8, 4) is 0 Å². The number of alkyl carbamates (subject to hydrolysis) is 1. The van der Waals surface area contributed by atoms with Gasteiger partial charge in [-0.25, -0.2) is 4.79 Å². The zero-order chi connectivity index (χ0) is 17.5. The smallest absolute Gasteiger partial charge is 0.407 e. The number of halogens is 1. The summed E-state index contributed by atoms with van der Waals surface area (Å²) in [5.41, 5.74) is 0.290. The molecule has 1 N–H and O–H groups in total. The van der Waals surface area contributed by atoms with Crippen molar-refractivity contribution in [2.75, 3.05) is 13.2 Å². The van der Waals surface area contributed by atoms with Gasteiger partial charge in [0.1, 0.15) is 5.60 Å². The average Bonchev–Trinajstić information content (AvgIpc) is 2.41. The molecule has 128 valence electrons. The molecule has 0 aliphatic heterocycles. The second kappa shape index (κ2) is 8.77. The van der Waals surface area contributed by atoms with Gasteiger partial charge in [-0.05, 0) is 45.4 Å². The molecule has 6 heteroatoms. The monoisotopic (exact) mass is 341 g/mol. The Labute approximate surface area is 142 Å². The second-order valence-corrected chi connectivity index (χ2v) is 6.58. The Kier molecular flexibility index (Phi) is 7.36. The summed E-state index contributed by atoms with van der Waals surface area (Å²) in [7, 11) is 0. The molecule has 1 unspecified atom stereocenters. The molecule has 0 aliphatic rings. The highest BCUT2D eigenvalue weighted by atomic mass is 35.5. The number of esters is 1. The number of hydrogen-bond acceptors (Lipinski definition) is 4. The van der Waals surface area contributed by atoms with Gasteiger partial charge in [0.05, 0.1) is 13.0 Å². The third-order valence-corrected chi connectivity index (χ3v) is 3.17. The SMILES string of the molecule is CCOC(=O)CC(CNC(=O)OC(C)(C)C)c1cccc(Cl)c1. The van der Waals surface area contributed by atoms with Gasteiger partial charge in [0, 0.05) is 17.5 Å². The van der Waals surface area contributed by atoms with Gasteiger partial charge in [-0.2, -0.15) is 0 Å². The first kappa shape index (κ1) is 19.3. The molecular formula is C17H24ClNO4. The van der Waals surface area contributed by atoms with Gasteiger partial charge in [-0.15, -0.1) is 0 Å². The third kappa shape index (κ3) is 7.88. The Morgan fingerprint density at radius 2 is 2.00 bits per heavy atom. The van der Waals surface area contributed by atoms with Crippen LogP contribution >= 0.6 is 11.6 Å². The predicted octanol–water partition coefficient (Wildman–Crippen LogP) is 3.90. The van der Waals surface area contributed by atoms with Gasteiger partial charge in [-0.3, -0.25) is 4.79 Å². The molecule has 0 fully saturated rings. The van der Waals surface area contributed by atoms with E-state index in [9.17, 15) is 9.59 Å². The molecular weight excluding hydrogens is 318 g/mol. The van der Waals surface area contributed by atoms with Crippen LogP contribution in [0, 0.1) is 0 Å². The minimum Gasteiger partial charge on any atom is -0.466 e. The minimum absolute atomic E-state index is 0.157. The number of amides is 1. The van der Waals surface area contributed by atoms with Crippen LogP contribution in [-0.4, -0.2) is 30.8 Å². The summed E-state index contributed by atoms with van der Waals surface area (Å²) in [5, 5.41) is 3.27. The standard InChI is InChI=1S/C17H24ClNO4/c1-5-22-15(20)10-13(12-7-6-8-14(18)9-12)11-19-16(21)23-17(2,3)4/h6-9,13H,5,10-11H2,1-4H3,(H,19,21). The number of carbonyl (C=O) groups excluding carboxylic acids is 2. The Hall–Kier alpha value is -1.75. The van der Waals surface area contributed by atoms with Crippen molar-refractivity contribution in [2.45, 2.75) is 45.6 Å². The largest absolute Gasteiger partial charge is 0.466 e. The fourth-order valence-electron chi connectivity index (χ4n) is 2.01. The van der Waals surface area contributed by atoms with E-state index in [2.05, 4.69) is 5.32 Å². The van der Waals surface area contributed by atoms with E-state index in [1.54, 1.807) is 39.8 Å². The molecule has 0 spiro atoms.